The van der Waals surface area contributed by atoms with Gasteiger partial charge in [0.25, 0.3) is 0 Å². The van der Waals surface area contributed by atoms with Crippen LogP contribution >= 0.6 is 11.8 Å². The first-order valence-corrected chi connectivity index (χ1v) is 7.71. The number of nitrogens with zero attached hydrogens (tertiary/aromatic N) is 2. The van der Waals surface area contributed by atoms with Crippen LogP contribution in [0.5, 0.6) is 0 Å². The van der Waals surface area contributed by atoms with Gasteiger partial charge in [-0.3, -0.25) is 9.79 Å². The number of hydrogen-bond acceptors (Lipinski definition) is 4. The van der Waals surface area contributed by atoms with E-state index < -0.39 is 0 Å². The molecule has 1 spiro atoms. The molecule has 2 rings (SSSR count). The van der Waals surface area contributed by atoms with E-state index in [1.165, 1.54) is 32.1 Å². The molecule has 1 aliphatic heterocycles. The Morgan fingerprint density at radius 3 is 2.67 bits per heavy atom. The highest BCUT2D eigenvalue weighted by Gasteiger charge is 2.34. The molecule has 1 saturated carbocycles. The highest BCUT2D eigenvalue weighted by atomic mass is 32.2. The number of aliphatic imine (C=N–C) groups is 1. The molecule has 0 atom stereocenters. The first kappa shape index (κ1) is 13.7. The molecule has 1 fully saturated rings. The van der Waals surface area contributed by atoms with Gasteiger partial charge in [-0.2, -0.15) is 0 Å². The maximum absolute atomic E-state index is 11.5. The summed E-state index contributed by atoms with van der Waals surface area (Å²) in [6, 6.07) is 0. The van der Waals surface area contributed by atoms with Crippen molar-refractivity contribution in [2.45, 2.75) is 32.1 Å². The van der Waals surface area contributed by atoms with Crippen molar-refractivity contribution in [3.63, 3.8) is 0 Å². The highest BCUT2D eigenvalue weighted by molar-refractivity contribution is 8.13. The second-order valence-electron chi connectivity index (χ2n) is 5.61. The summed E-state index contributed by atoms with van der Waals surface area (Å²) in [6.45, 7) is 1.30. The van der Waals surface area contributed by atoms with E-state index in [2.05, 4.69) is 10.3 Å². The van der Waals surface area contributed by atoms with E-state index in [4.69, 9.17) is 0 Å². The SMILES string of the molecule is CN(C)C(=O)CNC1=NCC2(CCCCC2)CS1. The Hall–Kier alpha value is -0.710. The third-order valence-corrected chi connectivity index (χ3v) is 5.18. The van der Waals surface area contributed by atoms with E-state index in [1.54, 1.807) is 30.8 Å². The molecule has 0 radical (unpaired) electrons. The number of likely N-dealkylation sites (N-methyl/N-ethyl adjacent to an activating group) is 1. The molecular formula is C13H23N3OS. The minimum Gasteiger partial charge on any atom is -0.356 e. The van der Waals surface area contributed by atoms with Crippen LogP contribution in [0.2, 0.25) is 0 Å². The van der Waals surface area contributed by atoms with Crippen molar-refractivity contribution in [2.24, 2.45) is 10.4 Å². The zero-order valence-electron chi connectivity index (χ0n) is 11.4. The van der Waals surface area contributed by atoms with Crippen LogP contribution in [0.1, 0.15) is 32.1 Å². The molecule has 0 bridgehead atoms. The van der Waals surface area contributed by atoms with Crippen LogP contribution < -0.4 is 5.32 Å². The summed E-state index contributed by atoms with van der Waals surface area (Å²) in [7, 11) is 3.55. The Morgan fingerprint density at radius 1 is 1.39 bits per heavy atom. The summed E-state index contributed by atoms with van der Waals surface area (Å²) in [5.41, 5.74) is 0.458. The molecule has 0 aromatic rings. The number of carbonyl (C=O) groups excluding carboxylic acids is 1. The molecule has 4 nitrogen and oxygen atoms in total. The summed E-state index contributed by atoms with van der Waals surface area (Å²) in [6.07, 6.45) is 6.76. The minimum atomic E-state index is 0.0938. The Morgan fingerprint density at radius 2 is 2.11 bits per heavy atom. The van der Waals surface area contributed by atoms with Gasteiger partial charge in [-0.25, -0.2) is 0 Å². The predicted octanol–water partition coefficient (Wildman–Crippen LogP) is 1.72. The fourth-order valence-corrected chi connectivity index (χ4v) is 3.73. The quantitative estimate of drug-likeness (QED) is 0.830. The number of amides is 1. The number of thioether (sulfide) groups is 1. The number of hydrogen-bond donors (Lipinski definition) is 1. The van der Waals surface area contributed by atoms with Gasteiger partial charge in [-0.1, -0.05) is 31.0 Å². The Kier molecular flexibility index (Phi) is 4.54. The van der Waals surface area contributed by atoms with E-state index in [-0.39, 0.29) is 5.91 Å². The molecule has 0 unspecified atom stereocenters. The van der Waals surface area contributed by atoms with E-state index in [0.29, 0.717) is 12.0 Å². The van der Waals surface area contributed by atoms with Crippen molar-refractivity contribution in [1.82, 2.24) is 10.2 Å². The second-order valence-corrected chi connectivity index (χ2v) is 6.58. The van der Waals surface area contributed by atoms with Crippen LogP contribution in [0.3, 0.4) is 0 Å². The average molecular weight is 269 g/mol. The van der Waals surface area contributed by atoms with Gasteiger partial charge < -0.3 is 10.2 Å². The van der Waals surface area contributed by atoms with Gasteiger partial charge in [0.1, 0.15) is 0 Å². The van der Waals surface area contributed by atoms with Gasteiger partial charge in [0.15, 0.2) is 5.17 Å². The maximum atomic E-state index is 11.5. The molecule has 5 heteroatoms. The van der Waals surface area contributed by atoms with Gasteiger partial charge >= 0.3 is 0 Å². The van der Waals surface area contributed by atoms with Crippen molar-refractivity contribution in [3.8, 4) is 0 Å². The lowest BCUT2D eigenvalue weighted by atomic mass is 9.75. The van der Waals surface area contributed by atoms with Crippen LogP contribution in [-0.2, 0) is 4.79 Å². The number of rotatable bonds is 2. The fourth-order valence-electron chi connectivity index (χ4n) is 2.57. The number of amidine groups is 1. The molecule has 1 amide bonds. The summed E-state index contributed by atoms with van der Waals surface area (Å²) in [4.78, 5) is 17.7. The number of carbonyl (C=O) groups is 1. The number of nitrogens with one attached hydrogen (secondary N) is 1. The van der Waals surface area contributed by atoms with E-state index in [0.717, 1.165) is 17.5 Å². The van der Waals surface area contributed by atoms with E-state index in [9.17, 15) is 4.79 Å². The highest BCUT2D eigenvalue weighted by Crippen LogP contribution is 2.41. The minimum absolute atomic E-state index is 0.0938. The van der Waals surface area contributed by atoms with Crippen LogP contribution in [0.25, 0.3) is 0 Å². The molecule has 0 saturated heterocycles. The largest absolute Gasteiger partial charge is 0.356 e. The van der Waals surface area contributed by atoms with Gasteiger partial charge in [-0.05, 0) is 18.3 Å². The molecule has 0 aromatic carbocycles. The first-order valence-electron chi connectivity index (χ1n) is 6.73. The zero-order valence-corrected chi connectivity index (χ0v) is 12.2. The predicted molar refractivity (Wildman–Crippen MR) is 77.0 cm³/mol. The molecule has 1 N–H and O–H groups in total. The monoisotopic (exact) mass is 269 g/mol. The smallest absolute Gasteiger partial charge is 0.241 e. The third kappa shape index (κ3) is 3.40. The molecule has 1 aliphatic carbocycles. The summed E-state index contributed by atoms with van der Waals surface area (Å²) >= 11 is 1.79. The van der Waals surface area contributed by atoms with Crippen molar-refractivity contribution < 1.29 is 4.79 Å². The summed E-state index contributed by atoms with van der Waals surface area (Å²) in [5.74, 6) is 1.26. The lowest BCUT2D eigenvalue weighted by molar-refractivity contribution is -0.127. The van der Waals surface area contributed by atoms with E-state index in [1.807, 2.05) is 0 Å². The molecule has 2 aliphatic rings. The van der Waals surface area contributed by atoms with Crippen molar-refractivity contribution in [2.75, 3.05) is 32.9 Å². The van der Waals surface area contributed by atoms with Crippen molar-refractivity contribution >= 4 is 22.8 Å². The van der Waals surface area contributed by atoms with Crippen molar-refractivity contribution in [3.05, 3.63) is 0 Å². The zero-order chi connectivity index (χ0) is 13.0. The van der Waals surface area contributed by atoms with Gasteiger partial charge in [0.05, 0.1) is 6.54 Å². The van der Waals surface area contributed by atoms with Crippen LogP contribution in [0, 0.1) is 5.41 Å². The van der Waals surface area contributed by atoms with Crippen molar-refractivity contribution in [1.29, 1.82) is 0 Å². The molecule has 18 heavy (non-hydrogen) atoms. The lowest BCUT2D eigenvalue weighted by Crippen LogP contribution is -2.40. The summed E-state index contributed by atoms with van der Waals surface area (Å²) < 4.78 is 0. The second kappa shape index (κ2) is 5.95. The Labute approximate surface area is 114 Å². The maximum Gasteiger partial charge on any atom is 0.241 e. The molecule has 0 aromatic heterocycles. The van der Waals surface area contributed by atoms with Crippen LogP contribution in [0.4, 0.5) is 0 Å². The van der Waals surface area contributed by atoms with Gasteiger partial charge in [0, 0.05) is 26.4 Å². The topological polar surface area (TPSA) is 44.7 Å². The standard InChI is InChI=1S/C13H23N3OS/c1-16(2)11(17)8-14-12-15-9-13(10-18-12)6-4-3-5-7-13/h3-10H2,1-2H3,(H,14,15). The average Bonchev–Trinajstić information content (AvgIpc) is 2.39. The summed E-state index contributed by atoms with van der Waals surface area (Å²) in [5, 5.41) is 4.09. The Bertz CT molecular complexity index is 335. The molecule has 102 valence electrons. The molecular weight excluding hydrogens is 246 g/mol. The van der Waals surface area contributed by atoms with Crippen LogP contribution in [-0.4, -0.2) is 48.9 Å². The fraction of sp³-hybridized carbons (Fsp3) is 0.846. The van der Waals surface area contributed by atoms with Crippen LogP contribution in [0.15, 0.2) is 4.99 Å². The first-order chi connectivity index (χ1) is 8.61. The van der Waals surface area contributed by atoms with Gasteiger partial charge in [0.2, 0.25) is 5.91 Å². The third-order valence-electron chi connectivity index (χ3n) is 3.88. The lowest BCUT2D eigenvalue weighted by Gasteiger charge is -2.38. The van der Waals surface area contributed by atoms with E-state index >= 15 is 0 Å². The molecule has 1 heterocycles. The van der Waals surface area contributed by atoms with Gasteiger partial charge in [-0.15, -0.1) is 0 Å². The normalized spacial score (nSPS) is 22.4. The Balaban J connectivity index is 1.81.